The predicted octanol–water partition coefficient (Wildman–Crippen LogP) is 3.36. The molecule has 0 radical (unpaired) electrons. The summed E-state index contributed by atoms with van der Waals surface area (Å²) in [5.41, 5.74) is 1.73. The summed E-state index contributed by atoms with van der Waals surface area (Å²) in [4.78, 5) is 0. The molecule has 2 unspecified atom stereocenters. The van der Waals surface area contributed by atoms with E-state index in [9.17, 15) is 0 Å². The number of nitrogens with one attached hydrogen (secondary N) is 1. The molecule has 1 aromatic carbocycles. The fourth-order valence-corrected chi connectivity index (χ4v) is 2.89. The summed E-state index contributed by atoms with van der Waals surface area (Å²) < 4.78 is 5.36. The van der Waals surface area contributed by atoms with E-state index >= 15 is 0 Å². The molecule has 2 rings (SSSR count). The molecule has 1 saturated carbocycles. The van der Waals surface area contributed by atoms with Crippen molar-refractivity contribution >= 4 is 0 Å². The molecule has 0 bridgehead atoms. The molecule has 1 N–H and O–H groups in total. The Morgan fingerprint density at radius 3 is 2.72 bits per heavy atom. The molecule has 2 heteroatoms. The summed E-state index contributed by atoms with van der Waals surface area (Å²) in [6.45, 7) is 7.86. The van der Waals surface area contributed by atoms with Crippen LogP contribution in [0.4, 0.5) is 0 Å². The number of methoxy groups -OCH3 is 1. The molecule has 1 fully saturated rings. The number of ether oxygens (including phenoxy) is 1. The Balaban J connectivity index is 2.23. The molecule has 0 saturated heterocycles. The maximum absolute atomic E-state index is 5.36. The van der Waals surface area contributed by atoms with E-state index in [1.54, 1.807) is 7.11 Å². The second-order valence-electron chi connectivity index (χ2n) is 5.86. The lowest BCUT2D eigenvalue weighted by atomic mass is 9.57. The lowest BCUT2D eigenvalue weighted by Gasteiger charge is -2.49. The third-order valence-corrected chi connectivity index (χ3v) is 4.44. The van der Waals surface area contributed by atoms with E-state index in [0.717, 1.165) is 18.2 Å². The van der Waals surface area contributed by atoms with Gasteiger partial charge in [0.05, 0.1) is 7.11 Å². The minimum Gasteiger partial charge on any atom is -0.497 e. The van der Waals surface area contributed by atoms with E-state index in [1.807, 2.05) is 6.07 Å². The van der Waals surface area contributed by atoms with Crippen LogP contribution < -0.4 is 10.1 Å². The molecule has 1 aliphatic carbocycles. The molecule has 0 heterocycles. The first kappa shape index (κ1) is 13.4. The second-order valence-corrected chi connectivity index (χ2v) is 5.86. The molecular weight excluding hydrogens is 222 g/mol. The maximum Gasteiger partial charge on any atom is 0.119 e. The summed E-state index contributed by atoms with van der Waals surface area (Å²) in [6, 6.07) is 9.13. The van der Waals surface area contributed by atoms with E-state index in [4.69, 9.17) is 4.74 Å². The Kier molecular flexibility index (Phi) is 3.96. The summed E-state index contributed by atoms with van der Waals surface area (Å²) in [7, 11) is 1.74. The predicted molar refractivity (Wildman–Crippen MR) is 76.2 cm³/mol. The first-order valence-electron chi connectivity index (χ1n) is 6.96. The van der Waals surface area contributed by atoms with Crippen LogP contribution in [0, 0.1) is 5.92 Å². The van der Waals surface area contributed by atoms with Gasteiger partial charge in [0.1, 0.15) is 5.75 Å². The fraction of sp³-hybridized carbons (Fsp3) is 0.625. The molecule has 1 aromatic rings. The summed E-state index contributed by atoms with van der Waals surface area (Å²) in [5, 5.41) is 3.61. The van der Waals surface area contributed by atoms with Crippen molar-refractivity contribution in [2.45, 2.75) is 45.1 Å². The van der Waals surface area contributed by atoms with E-state index in [-0.39, 0.29) is 0 Å². The van der Waals surface area contributed by atoms with Gasteiger partial charge in [-0.15, -0.1) is 0 Å². The van der Waals surface area contributed by atoms with Crippen molar-refractivity contribution in [2.24, 2.45) is 5.92 Å². The molecule has 2 nitrogen and oxygen atoms in total. The lowest BCUT2D eigenvalue weighted by Crippen LogP contribution is -2.51. The quantitative estimate of drug-likeness (QED) is 0.861. The van der Waals surface area contributed by atoms with Crippen molar-refractivity contribution in [3.8, 4) is 5.75 Å². The van der Waals surface area contributed by atoms with Crippen LogP contribution in [0.5, 0.6) is 5.75 Å². The van der Waals surface area contributed by atoms with Gasteiger partial charge in [-0.2, -0.15) is 0 Å². The maximum atomic E-state index is 5.36. The standard InChI is InChI=1S/C16H25NO/c1-12(2)17-11-16(9-8-13(16)3)14-6-5-7-15(10-14)18-4/h5-7,10,12-13,17H,8-9,11H2,1-4H3. The first-order chi connectivity index (χ1) is 8.58. The van der Waals surface area contributed by atoms with Gasteiger partial charge in [0, 0.05) is 18.0 Å². The molecule has 0 aliphatic heterocycles. The highest BCUT2D eigenvalue weighted by atomic mass is 16.5. The van der Waals surface area contributed by atoms with Gasteiger partial charge in [0.2, 0.25) is 0 Å². The first-order valence-corrected chi connectivity index (χ1v) is 6.96. The van der Waals surface area contributed by atoms with Gasteiger partial charge in [0.15, 0.2) is 0 Å². The minimum atomic E-state index is 0.304. The van der Waals surface area contributed by atoms with Crippen molar-refractivity contribution in [3.63, 3.8) is 0 Å². The Hall–Kier alpha value is -1.02. The molecular formula is C16H25NO. The Morgan fingerprint density at radius 1 is 1.44 bits per heavy atom. The van der Waals surface area contributed by atoms with Crippen molar-refractivity contribution in [1.82, 2.24) is 5.32 Å². The average molecular weight is 247 g/mol. The number of hydrogen-bond acceptors (Lipinski definition) is 2. The van der Waals surface area contributed by atoms with Gasteiger partial charge in [0.25, 0.3) is 0 Å². The molecule has 18 heavy (non-hydrogen) atoms. The topological polar surface area (TPSA) is 21.3 Å². The molecule has 0 spiro atoms. The summed E-state index contributed by atoms with van der Waals surface area (Å²) in [5.74, 6) is 1.71. The molecule has 0 amide bonds. The molecule has 1 aliphatic rings. The van der Waals surface area contributed by atoms with Gasteiger partial charge in [-0.3, -0.25) is 0 Å². The second kappa shape index (κ2) is 5.31. The van der Waals surface area contributed by atoms with Gasteiger partial charge >= 0.3 is 0 Å². The largest absolute Gasteiger partial charge is 0.497 e. The van der Waals surface area contributed by atoms with Gasteiger partial charge in [-0.05, 0) is 36.5 Å². The Labute approximate surface area is 111 Å². The smallest absolute Gasteiger partial charge is 0.119 e. The van der Waals surface area contributed by atoms with Crippen molar-refractivity contribution in [1.29, 1.82) is 0 Å². The Bertz CT molecular complexity index is 402. The van der Waals surface area contributed by atoms with Crippen molar-refractivity contribution in [2.75, 3.05) is 13.7 Å². The number of rotatable bonds is 5. The molecule has 100 valence electrons. The zero-order chi connectivity index (χ0) is 13.2. The van der Waals surface area contributed by atoms with Crippen molar-refractivity contribution in [3.05, 3.63) is 29.8 Å². The SMILES string of the molecule is COc1cccc(C2(CNC(C)C)CCC2C)c1. The fourth-order valence-electron chi connectivity index (χ4n) is 2.89. The summed E-state index contributed by atoms with van der Waals surface area (Å²) >= 11 is 0. The highest BCUT2D eigenvalue weighted by Gasteiger charge is 2.45. The van der Waals surface area contributed by atoms with Crippen LogP contribution in [-0.4, -0.2) is 19.7 Å². The third kappa shape index (κ3) is 2.39. The zero-order valence-electron chi connectivity index (χ0n) is 12.0. The van der Waals surface area contributed by atoms with E-state index in [2.05, 4.69) is 44.3 Å². The van der Waals surface area contributed by atoms with Crippen molar-refractivity contribution < 1.29 is 4.74 Å². The van der Waals surface area contributed by atoms with Crippen LogP contribution in [0.1, 0.15) is 39.2 Å². The van der Waals surface area contributed by atoms with Gasteiger partial charge < -0.3 is 10.1 Å². The van der Waals surface area contributed by atoms with Crippen LogP contribution in [0.2, 0.25) is 0 Å². The van der Waals surface area contributed by atoms with E-state index < -0.39 is 0 Å². The average Bonchev–Trinajstić information content (AvgIpc) is 2.37. The zero-order valence-corrected chi connectivity index (χ0v) is 12.0. The minimum absolute atomic E-state index is 0.304. The lowest BCUT2D eigenvalue weighted by molar-refractivity contribution is 0.131. The Morgan fingerprint density at radius 2 is 2.22 bits per heavy atom. The molecule has 2 atom stereocenters. The van der Waals surface area contributed by atoms with Crippen LogP contribution in [0.25, 0.3) is 0 Å². The van der Waals surface area contributed by atoms with E-state index in [0.29, 0.717) is 11.5 Å². The van der Waals surface area contributed by atoms with Crippen LogP contribution in [-0.2, 0) is 5.41 Å². The van der Waals surface area contributed by atoms with Crippen LogP contribution >= 0.6 is 0 Å². The van der Waals surface area contributed by atoms with Gasteiger partial charge in [-0.25, -0.2) is 0 Å². The van der Waals surface area contributed by atoms with E-state index in [1.165, 1.54) is 18.4 Å². The van der Waals surface area contributed by atoms with Gasteiger partial charge in [-0.1, -0.05) is 32.9 Å². The highest BCUT2D eigenvalue weighted by Crippen LogP contribution is 2.48. The van der Waals surface area contributed by atoms with Crippen LogP contribution in [0.3, 0.4) is 0 Å². The highest BCUT2D eigenvalue weighted by molar-refractivity contribution is 5.36. The normalized spacial score (nSPS) is 27.1. The monoisotopic (exact) mass is 247 g/mol. The number of benzene rings is 1. The number of hydrogen-bond donors (Lipinski definition) is 1. The molecule has 0 aromatic heterocycles. The van der Waals surface area contributed by atoms with Crippen LogP contribution in [0.15, 0.2) is 24.3 Å². The summed E-state index contributed by atoms with van der Waals surface area (Å²) in [6.07, 6.45) is 2.61. The third-order valence-electron chi connectivity index (χ3n) is 4.44.